The van der Waals surface area contributed by atoms with Crippen molar-refractivity contribution in [1.82, 2.24) is 10.6 Å². The number of methoxy groups -OCH3 is 2. The number of nitrogens with one attached hydrogen (secondary N) is 2. The Balaban J connectivity index is 2.00. The van der Waals surface area contributed by atoms with E-state index in [1.54, 1.807) is 20.1 Å². The molecule has 1 aliphatic rings. The quantitative estimate of drug-likeness (QED) is 0.390. The minimum absolute atomic E-state index is 0.283. The van der Waals surface area contributed by atoms with Gasteiger partial charge in [-0.25, -0.2) is 9.79 Å². The van der Waals surface area contributed by atoms with Crippen molar-refractivity contribution in [3.05, 3.63) is 23.2 Å². The van der Waals surface area contributed by atoms with Crippen LogP contribution in [0.15, 0.2) is 15.5 Å². The molecule has 0 amide bonds. The number of hydrogen-bond acceptors (Lipinski definition) is 5. The van der Waals surface area contributed by atoms with E-state index in [4.69, 9.17) is 13.9 Å². The van der Waals surface area contributed by atoms with Crippen LogP contribution in [0.5, 0.6) is 0 Å². The first-order chi connectivity index (χ1) is 13.0. The maximum absolute atomic E-state index is 11.7. The topological polar surface area (TPSA) is 85.1 Å². The Hall–Kier alpha value is -2.02. The van der Waals surface area contributed by atoms with Crippen LogP contribution in [0.25, 0.3) is 0 Å². The first-order valence-electron chi connectivity index (χ1n) is 9.72. The predicted octanol–water partition coefficient (Wildman–Crippen LogP) is 3.03. The summed E-state index contributed by atoms with van der Waals surface area (Å²) in [7, 11) is 3.12. The zero-order chi connectivity index (χ0) is 19.7. The highest BCUT2D eigenvalue weighted by molar-refractivity contribution is 5.90. The summed E-state index contributed by atoms with van der Waals surface area (Å²) >= 11 is 0. The molecule has 0 aliphatic heterocycles. The van der Waals surface area contributed by atoms with Crippen LogP contribution in [0.4, 0.5) is 0 Å². The molecular weight excluding hydrogens is 346 g/mol. The van der Waals surface area contributed by atoms with Gasteiger partial charge in [0.2, 0.25) is 0 Å². The Morgan fingerprint density at radius 3 is 2.67 bits per heavy atom. The number of carbonyl (C=O) groups is 1. The molecule has 0 radical (unpaired) electrons. The van der Waals surface area contributed by atoms with Crippen LogP contribution in [0.3, 0.4) is 0 Å². The van der Waals surface area contributed by atoms with Crippen LogP contribution in [-0.4, -0.2) is 45.8 Å². The molecule has 0 unspecified atom stereocenters. The molecule has 27 heavy (non-hydrogen) atoms. The molecule has 0 aromatic carbocycles. The highest BCUT2D eigenvalue weighted by Crippen LogP contribution is 2.40. The molecule has 1 aliphatic carbocycles. The summed E-state index contributed by atoms with van der Waals surface area (Å²) in [5, 5.41) is 6.77. The van der Waals surface area contributed by atoms with Gasteiger partial charge in [0.15, 0.2) is 5.96 Å². The van der Waals surface area contributed by atoms with Gasteiger partial charge in [0.25, 0.3) is 0 Å². The zero-order valence-electron chi connectivity index (χ0n) is 17.0. The highest BCUT2D eigenvalue weighted by Gasteiger charge is 2.33. The molecule has 1 aromatic heterocycles. The zero-order valence-corrected chi connectivity index (χ0v) is 17.0. The van der Waals surface area contributed by atoms with Crippen molar-refractivity contribution in [2.45, 2.75) is 52.5 Å². The number of guanidine groups is 1. The first-order valence-corrected chi connectivity index (χ1v) is 9.72. The predicted molar refractivity (Wildman–Crippen MR) is 105 cm³/mol. The number of esters is 1. The van der Waals surface area contributed by atoms with Gasteiger partial charge in [-0.3, -0.25) is 0 Å². The van der Waals surface area contributed by atoms with E-state index in [0.29, 0.717) is 23.6 Å². The van der Waals surface area contributed by atoms with Crippen molar-refractivity contribution >= 4 is 11.9 Å². The summed E-state index contributed by atoms with van der Waals surface area (Å²) in [5.41, 5.74) is 0.732. The van der Waals surface area contributed by atoms with E-state index >= 15 is 0 Å². The normalized spacial score (nSPS) is 16.4. The molecule has 0 spiro atoms. The molecule has 1 heterocycles. The highest BCUT2D eigenvalue weighted by atomic mass is 16.5. The third-order valence-electron chi connectivity index (χ3n) is 5.24. The van der Waals surface area contributed by atoms with Crippen LogP contribution in [0, 0.1) is 12.3 Å². The van der Waals surface area contributed by atoms with Crippen LogP contribution in [-0.2, 0) is 16.0 Å². The summed E-state index contributed by atoms with van der Waals surface area (Å²) in [4.78, 5) is 16.3. The molecule has 2 N–H and O–H groups in total. The fourth-order valence-corrected chi connectivity index (χ4v) is 3.66. The van der Waals surface area contributed by atoms with Crippen molar-refractivity contribution in [1.29, 1.82) is 0 Å². The summed E-state index contributed by atoms with van der Waals surface area (Å²) in [6.45, 7) is 6.60. The van der Waals surface area contributed by atoms with Gasteiger partial charge in [-0.05, 0) is 44.6 Å². The number of furan rings is 1. The fourth-order valence-electron chi connectivity index (χ4n) is 3.66. The number of hydrogen-bond donors (Lipinski definition) is 2. The second kappa shape index (κ2) is 10.3. The number of nitrogens with zero attached hydrogens (tertiary/aromatic N) is 1. The second-order valence-electron chi connectivity index (χ2n) is 7.17. The molecule has 7 heteroatoms. The average molecular weight is 380 g/mol. The number of ether oxygens (including phenoxy) is 2. The minimum atomic E-state index is -0.391. The Morgan fingerprint density at radius 2 is 2.04 bits per heavy atom. The van der Waals surface area contributed by atoms with Crippen molar-refractivity contribution in [2.24, 2.45) is 10.4 Å². The summed E-state index contributed by atoms with van der Waals surface area (Å²) in [6.07, 6.45) is 6.07. The summed E-state index contributed by atoms with van der Waals surface area (Å²) in [5.74, 6) is 1.56. The first kappa shape index (κ1) is 21.3. The molecule has 0 bridgehead atoms. The molecule has 0 atom stereocenters. The van der Waals surface area contributed by atoms with Crippen LogP contribution in [0.2, 0.25) is 0 Å². The van der Waals surface area contributed by atoms with Crippen LogP contribution in [0.1, 0.15) is 60.9 Å². The molecule has 152 valence electrons. The lowest BCUT2D eigenvalue weighted by molar-refractivity contribution is 0.0599. The Bertz CT molecular complexity index is 633. The van der Waals surface area contributed by atoms with E-state index in [1.165, 1.54) is 32.8 Å². The molecule has 1 saturated carbocycles. The molecule has 1 aromatic rings. The van der Waals surface area contributed by atoms with Gasteiger partial charge in [-0.2, -0.15) is 0 Å². The summed E-state index contributed by atoms with van der Waals surface area (Å²) in [6, 6.07) is 1.70. The lowest BCUT2D eigenvalue weighted by Crippen LogP contribution is -2.43. The monoisotopic (exact) mass is 379 g/mol. The lowest BCUT2D eigenvalue weighted by Gasteiger charge is -2.29. The molecule has 0 saturated heterocycles. The van der Waals surface area contributed by atoms with E-state index in [-0.39, 0.29) is 5.41 Å². The second-order valence-corrected chi connectivity index (χ2v) is 7.17. The third-order valence-corrected chi connectivity index (χ3v) is 5.24. The number of rotatable bonds is 9. The van der Waals surface area contributed by atoms with E-state index in [1.807, 2.05) is 6.92 Å². The van der Waals surface area contributed by atoms with E-state index in [0.717, 1.165) is 32.1 Å². The SMILES string of the molecule is CCNC(=NCc1cc(C(=O)OC)c(C)o1)NCC1(CCOC)CCCC1. The molecule has 7 nitrogen and oxygen atoms in total. The van der Waals surface area contributed by atoms with E-state index in [2.05, 4.69) is 15.6 Å². The van der Waals surface area contributed by atoms with Gasteiger partial charge in [0, 0.05) is 26.8 Å². The van der Waals surface area contributed by atoms with Gasteiger partial charge in [-0.1, -0.05) is 12.8 Å². The van der Waals surface area contributed by atoms with Crippen molar-refractivity contribution in [2.75, 3.05) is 33.9 Å². The van der Waals surface area contributed by atoms with Gasteiger partial charge < -0.3 is 24.5 Å². The van der Waals surface area contributed by atoms with Gasteiger partial charge in [-0.15, -0.1) is 0 Å². The fraction of sp³-hybridized carbons (Fsp3) is 0.700. The van der Waals surface area contributed by atoms with E-state index in [9.17, 15) is 4.79 Å². The third kappa shape index (κ3) is 5.99. The average Bonchev–Trinajstić information content (AvgIpc) is 3.29. The minimum Gasteiger partial charge on any atom is -0.465 e. The number of aliphatic imine (C=N–C) groups is 1. The number of carbonyl (C=O) groups excluding carboxylic acids is 1. The van der Waals surface area contributed by atoms with Crippen LogP contribution >= 0.6 is 0 Å². The van der Waals surface area contributed by atoms with Crippen molar-refractivity contribution in [3.8, 4) is 0 Å². The lowest BCUT2D eigenvalue weighted by atomic mass is 9.83. The van der Waals surface area contributed by atoms with E-state index < -0.39 is 5.97 Å². The van der Waals surface area contributed by atoms with Gasteiger partial charge in [0.1, 0.15) is 23.6 Å². The Morgan fingerprint density at radius 1 is 1.30 bits per heavy atom. The van der Waals surface area contributed by atoms with Gasteiger partial charge in [0.05, 0.1) is 7.11 Å². The van der Waals surface area contributed by atoms with Gasteiger partial charge >= 0.3 is 5.97 Å². The molecule has 2 rings (SSSR count). The standard InChI is InChI=1S/C20H33N3O4/c1-5-21-19(23-14-20(10-11-25-3)8-6-7-9-20)22-13-16-12-17(15(2)27-16)18(24)26-4/h12H,5-11,13-14H2,1-4H3,(H2,21,22,23). The molecular formula is C20H33N3O4. The maximum Gasteiger partial charge on any atom is 0.341 e. The molecule has 1 fully saturated rings. The Kier molecular flexibility index (Phi) is 8.16. The van der Waals surface area contributed by atoms with Crippen LogP contribution < -0.4 is 10.6 Å². The van der Waals surface area contributed by atoms with Crippen molar-refractivity contribution in [3.63, 3.8) is 0 Å². The maximum atomic E-state index is 11.7. The largest absolute Gasteiger partial charge is 0.465 e. The van der Waals surface area contributed by atoms with Crippen molar-refractivity contribution < 1.29 is 18.7 Å². The Labute approximate surface area is 161 Å². The smallest absolute Gasteiger partial charge is 0.341 e. The summed E-state index contributed by atoms with van der Waals surface area (Å²) < 4.78 is 15.7. The number of aryl methyl sites for hydroxylation is 1.